The molecule has 3 aromatic rings. The van der Waals surface area contributed by atoms with Crippen LogP contribution in [0, 0.1) is 3.57 Å². The predicted octanol–water partition coefficient (Wildman–Crippen LogP) is 3.89. The highest BCUT2D eigenvalue weighted by Crippen LogP contribution is 2.18. The van der Waals surface area contributed by atoms with Crippen LogP contribution in [-0.4, -0.2) is 15.0 Å². The van der Waals surface area contributed by atoms with Crippen molar-refractivity contribution in [3.8, 4) is 11.4 Å². The first kappa shape index (κ1) is 13.0. The van der Waals surface area contributed by atoms with Crippen molar-refractivity contribution >= 4 is 34.2 Å². The molecule has 0 radical (unpaired) electrons. The van der Waals surface area contributed by atoms with Gasteiger partial charge in [0.1, 0.15) is 11.6 Å². The van der Waals surface area contributed by atoms with Crippen LogP contribution in [0.5, 0.6) is 0 Å². The maximum atomic E-state index is 4.55. The zero-order valence-electron chi connectivity index (χ0n) is 10.5. The lowest BCUT2D eigenvalue weighted by Gasteiger charge is -2.06. The Kier molecular flexibility index (Phi) is 3.87. The standard InChI is InChI=1S/C15H11IN4/c16-11-7-8-14(18-10-11)20-15-6-3-5-13(19-15)12-4-1-2-9-17-12/h1-10H,(H,18,19,20). The molecule has 0 aliphatic heterocycles. The summed E-state index contributed by atoms with van der Waals surface area (Å²) < 4.78 is 1.10. The third-order valence-electron chi connectivity index (χ3n) is 2.66. The van der Waals surface area contributed by atoms with Gasteiger partial charge >= 0.3 is 0 Å². The summed E-state index contributed by atoms with van der Waals surface area (Å²) in [7, 11) is 0. The van der Waals surface area contributed by atoms with Gasteiger partial charge in [0.15, 0.2) is 0 Å². The fourth-order valence-corrected chi connectivity index (χ4v) is 2.06. The van der Waals surface area contributed by atoms with E-state index in [4.69, 9.17) is 0 Å². The normalized spacial score (nSPS) is 10.2. The molecule has 1 N–H and O–H groups in total. The summed E-state index contributed by atoms with van der Waals surface area (Å²) in [5.41, 5.74) is 1.69. The van der Waals surface area contributed by atoms with Crippen molar-refractivity contribution in [1.29, 1.82) is 0 Å². The molecule has 0 aromatic carbocycles. The smallest absolute Gasteiger partial charge is 0.132 e. The third kappa shape index (κ3) is 3.11. The highest BCUT2D eigenvalue weighted by Gasteiger charge is 2.02. The topological polar surface area (TPSA) is 50.7 Å². The van der Waals surface area contributed by atoms with Crippen LogP contribution in [0.15, 0.2) is 60.9 Å². The molecule has 0 unspecified atom stereocenters. The fraction of sp³-hybridized carbons (Fsp3) is 0. The monoisotopic (exact) mass is 374 g/mol. The number of pyridine rings is 3. The molecule has 5 heteroatoms. The van der Waals surface area contributed by atoms with E-state index in [-0.39, 0.29) is 0 Å². The molecule has 0 aliphatic rings. The maximum absolute atomic E-state index is 4.55. The first-order valence-corrected chi connectivity index (χ1v) is 7.16. The van der Waals surface area contributed by atoms with Gasteiger partial charge in [-0.3, -0.25) is 4.98 Å². The molecule has 0 fully saturated rings. The molecule has 0 aliphatic carbocycles. The highest BCUT2D eigenvalue weighted by atomic mass is 127. The van der Waals surface area contributed by atoms with Gasteiger partial charge in [-0.2, -0.15) is 0 Å². The molecule has 0 bridgehead atoms. The van der Waals surface area contributed by atoms with Crippen molar-refractivity contribution in [2.45, 2.75) is 0 Å². The molecule has 98 valence electrons. The predicted molar refractivity (Wildman–Crippen MR) is 87.7 cm³/mol. The quantitative estimate of drug-likeness (QED) is 0.707. The highest BCUT2D eigenvalue weighted by molar-refractivity contribution is 14.1. The molecule has 3 rings (SSSR count). The van der Waals surface area contributed by atoms with Crippen LogP contribution in [0.4, 0.5) is 11.6 Å². The van der Waals surface area contributed by atoms with Crippen molar-refractivity contribution in [2.24, 2.45) is 0 Å². The summed E-state index contributed by atoms with van der Waals surface area (Å²) in [6.07, 6.45) is 3.57. The summed E-state index contributed by atoms with van der Waals surface area (Å²) in [6, 6.07) is 15.5. The Morgan fingerprint density at radius 3 is 2.45 bits per heavy atom. The number of hydrogen-bond acceptors (Lipinski definition) is 4. The molecule has 0 spiro atoms. The van der Waals surface area contributed by atoms with Gasteiger partial charge in [-0.05, 0) is 59.0 Å². The van der Waals surface area contributed by atoms with Gasteiger partial charge in [-0.1, -0.05) is 12.1 Å². The summed E-state index contributed by atoms with van der Waals surface area (Å²) in [5.74, 6) is 1.53. The third-order valence-corrected chi connectivity index (χ3v) is 3.30. The van der Waals surface area contributed by atoms with E-state index < -0.39 is 0 Å². The number of hydrogen-bond donors (Lipinski definition) is 1. The van der Waals surface area contributed by atoms with E-state index in [1.807, 2.05) is 54.7 Å². The number of nitrogens with one attached hydrogen (secondary N) is 1. The van der Waals surface area contributed by atoms with E-state index in [1.165, 1.54) is 0 Å². The minimum absolute atomic E-state index is 0.752. The lowest BCUT2D eigenvalue weighted by atomic mass is 10.2. The lowest BCUT2D eigenvalue weighted by molar-refractivity contribution is 1.22. The Labute approximate surface area is 130 Å². The second-order valence-electron chi connectivity index (χ2n) is 4.11. The van der Waals surface area contributed by atoms with Crippen LogP contribution >= 0.6 is 22.6 Å². The Morgan fingerprint density at radius 1 is 0.800 bits per heavy atom. The lowest BCUT2D eigenvalue weighted by Crippen LogP contribution is -1.97. The Bertz CT molecular complexity index is 699. The summed E-state index contributed by atoms with van der Waals surface area (Å²) >= 11 is 2.23. The molecule has 0 amide bonds. The Balaban J connectivity index is 1.86. The van der Waals surface area contributed by atoms with E-state index in [2.05, 4.69) is 42.9 Å². The van der Waals surface area contributed by atoms with Gasteiger partial charge in [0.2, 0.25) is 0 Å². The average Bonchev–Trinajstić information content (AvgIpc) is 2.51. The van der Waals surface area contributed by atoms with Gasteiger partial charge in [-0.15, -0.1) is 0 Å². The largest absolute Gasteiger partial charge is 0.325 e. The Hall–Kier alpha value is -2.02. The molecule has 20 heavy (non-hydrogen) atoms. The number of nitrogens with zero attached hydrogens (tertiary/aromatic N) is 3. The van der Waals surface area contributed by atoms with Crippen molar-refractivity contribution in [3.05, 3.63) is 64.5 Å². The van der Waals surface area contributed by atoms with Crippen LogP contribution in [0.2, 0.25) is 0 Å². The molecular formula is C15H11IN4. The number of aromatic nitrogens is 3. The van der Waals surface area contributed by atoms with Crippen LogP contribution in [0.25, 0.3) is 11.4 Å². The number of halogens is 1. The summed E-state index contributed by atoms with van der Waals surface area (Å²) in [5, 5.41) is 3.19. The minimum atomic E-state index is 0.752. The van der Waals surface area contributed by atoms with Crippen LogP contribution < -0.4 is 5.32 Å². The van der Waals surface area contributed by atoms with E-state index in [1.54, 1.807) is 6.20 Å². The molecule has 0 saturated heterocycles. The van der Waals surface area contributed by atoms with Gasteiger partial charge in [0, 0.05) is 16.0 Å². The number of anilines is 2. The molecule has 3 heterocycles. The molecule has 0 atom stereocenters. The van der Waals surface area contributed by atoms with Crippen LogP contribution in [-0.2, 0) is 0 Å². The maximum Gasteiger partial charge on any atom is 0.132 e. The van der Waals surface area contributed by atoms with Gasteiger partial charge < -0.3 is 5.32 Å². The molecule has 3 aromatic heterocycles. The molecule has 4 nitrogen and oxygen atoms in total. The van der Waals surface area contributed by atoms with Gasteiger partial charge in [-0.25, -0.2) is 9.97 Å². The Morgan fingerprint density at radius 2 is 1.70 bits per heavy atom. The summed E-state index contributed by atoms with van der Waals surface area (Å²) in [4.78, 5) is 13.1. The second-order valence-corrected chi connectivity index (χ2v) is 5.36. The molecule has 0 saturated carbocycles. The van der Waals surface area contributed by atoms with Gasteiger partial charge in [0.25, 0.3) is 0 Å². The van der Waals surface area contributed by atoms with E-state index in [0.29, 0.717) is 0 Å². The van der Waals surface area contributed by atoms with Crippen molar-refractivity contribution in [2.75, 3.05) is 5.32 Å². The first-order chi connectivity index (χ1) is 9.81. The van der Waals surface area contributed by atoms with Crippen molar-refractivity contribution < 1.29 is 0 Å². The van der Waals surface area contributed by atoms with E-state index in [0.717, 1.165) is 26.6 Å². The van der Waals surface area contributed by atoms with Crippen molar-refractivity contribution in [1.82, 2.24) is 15.0 Å². The zero-order valence-corrected chi connectivity index (χ0v) is 12.7. The fourth-order valence-electron chi connectivity index (χ4n) is 1.74. The van der Waals surface area contributed by atoms with Crippen molar-refractivity contribution in [3.63, 3.8) is 0 Å². The minimum Gasteiger partial charge on any atom is -0.325 e. The number of rotatable bonds is 3. The molecular weight excluding hydrogens is 363 g/mol. The van der Waals surface area contributed by atoms with Crippen LogP contribution in [0.1, 0.15) is 0 Å². The SMILES string of the molecule is Ic1ccc(Nc2cccc(-c3ccccn3)n2)nc1. The first-order valence-electron chi connectivity index (χ1n) is 6.08. The van der Waals surface area contributed by atoms with Gasteiger partial charge in [0.05, 0.1) is 11.4 Å². The van der Waals surface area contributed by atoms with Crippen LogP contribution in [0.3, 0.4) is 0 Å². The second kappa shape index (κ2) is 5.96. The average molecular weight is 374 g/mol. The summed E-state index contributed by atoms with van der Waals surface area (Å²) in [6.45, 7) is 0. The van der Waals surface area contributed by atoms with E-state index >= 15 is 0 Å². The zero-order chi connectivity index (χ0) is 13.8. The van der Waals surface area contributed by atoms with E-state index in [9.17, 15) is 0 Å².